The zero-order valence-corrected chi connectivity index (χ0v) is 14.6. The minimum Gasteiger partial charge on any atom is -0.352 e. The van der Waals surface area contributed by atoms with Crippen molar-refractivity contribution in [3.05, 3.63) is 21.9 Å². The van der Waals surface area contributed by atoms with E-state index in [2.05, 4.69) is 27.0 Å². The maximum absolute atomic E-state index is 12.2. The maximum Gasteiger partial charge on any atom is 0.239 e. The number of carbonyl (C=O) groups excluding carboxylic acids is 2. The minimum atomic E-state index is -0.133. The number of hydrogen-bond donors (Lipinski definition) is 2. The Morgan fingerprint density at radius 3 is 2.83 bits per heavy atom. The predicted octanol–water partition coefficient (Wildman–Crippen LogP) is 1.70. The number of nitrogens with one attached hydrogen (secondary N) is 2. The molecule has 0 aromatic carbocycles. The first kappa shape index (κ1) is 16.5. The molecule has 0 radical (unpaired) electrons. The first-order valence-corrected chi connectivity index (χ1v) is 9.29. The van der Waals surface area contributed by atoms with E-state index in [0.29, 0.717) is 18.5 Å². The van der Waals surface area contributed by atoms with Crippen molar-refractivity contribution in [3.63, 3.8) is 0 Å². The molecule has 126 valence electrons. The molecule has 6 heteroatoms. The van der Waals surface area contributed by atoms with Crippen molar-refractivity contribution in [2.45, 2.75) is 45.2 Å². The van der Waals surface area contributed by atoms with Gasteiger partial charge in [-0.15, -0.1) is 11.3 Å². The summed E-state index contributed by atoms with van der Waals surface area (Å²) in [6, 6.07) is 2.71. The Hall–Kier alpha value is -1.40. The van der Waals surface area contributed by atoms with E-state index in [1.807, 2.05) is 25.2 Å². The van der Waals surface area contributed by atoms with Crippen LogP contribution >= 0.6 is 11.3 Å². The van der Waals surface area contributed by atoms with Crippen molar-refractivity contribution < 1.29 is 9.59 Å². The molecule has 3 rings (SSSR count). The smallest absolute Gasteiger partial charge is 0.239 e. The van der Waals surface area contributed by atoms with Gasteiger partial charge in [0.25, 0.3) is 0 Å². The van der Waals surface area contributed by atoms with Gasteiger partial charge in [-0.05, 0) is 56.0 Å². The molecule has 2 amide bonds. The number of nitrogens with zero attached hydrogens (tertiary/aromatic N) is 1. The van der Waals surface area contributed by atoms with Gasteiger partial charge in [-0.25, -0.2) is 0 Å². The maximum atomic E-state index is 12.2. The molecule has 1 saturated carbocycles. The summed E-state index contributed by atoms with van der Waals surface area (Å²) in [6.45, 7) is 5.19. The normalized spacial score (nSPS) is 21.1. The number of rotatable bonds is 6. The first-order chi connectivity index (χ1) is 11.0. The van der Waals surface area contributed by atoms with Crippen LogP contribution in [-0.4, -0.2) is 42.4 Å². The van der Waals surface area contributed by atoms with Crippen LogP contribution in [-0.2, 0) is 16.0 Å². The van der Waals surface area contributed by atoms with Crippen LogP contribution in [0.3, 0.4) is 0 Å². The van der Waals surface area contributed by atoms with Gasteiger partial charge in [0, 0.05) is 23.5 Å². The standard InChI is InChI=1S/C17H25N3O2S/c1-11(2)19-15(21)9-18-16(22)10-20-7-5-14-13(6-8-23-14)17(20)12-3-4-12/h6,8,11-12,17H,3-5,7,9-10H2,1-2H3,(H,18,22)(H,19,21). The fraction of sp³-hybridized carbons (Fsp3) is 0.647. The number of thiophene rings is 1. The Labute approximate surface area is 141 Å². The minimum absolute atomic E-state index is 0.0582. The van der Waals surface area contributed by atoms with Gasteiger partial charge >= 0.3 is 0 Å². The SMILES string of the molecule is CC(C)NC(=O)CNC(=O)CN1CCc2sccc2C1C1CC1. The van der Waals surface area contributed by atoms with Crippen molar-refractivity contribution in [3.8, 4) is 0 Å². The van der Waals surface area contributed by atoms with Gasteiger partial charge in [0.1, 0.15) is 0 Å². The fourth-order valence-electron chi connectivity index (χ4n) is 3.33. The van der Waals surface area contributed by atoms with Gasteiger partial charge in [-0.1, -0.05) is 0 Å². The molecule has 2 N–H and O–H groups in total. The largest absolute Gasteiger partial charge is 0.352 e. The van der Waals surface area contributed by atoms with Crippen molar-refractivity contribution in [2.24, 2.45) is 5.92 Å². The van der Waals surface area contributed by atoms with Crippen LogP contribution < -0.4 is 10.6 Å². The highest BCUT2D eigenvalue weighted by Gasteiger charge is 2.40. The van der Waals surface area contributed by atoms with E-state index in [0.717, 1.165) is 13.0 Å². The average Bonchev–Trinajstić information content (AvgIpc) is 3.21. The van der Waals surface area contributed by atoms with Gasteiger partial charge < -0.3 is 10.6 Å². The second-order valence-electron chi connectivity index (χ2n) is 6.80. The van der Waals surface area contributed by atoms with Gasteiger partial charge in [0.05, 0.1) is 13.1 Å². The molecule has 0 spiro atoms. The highest BCUT2D eigenvalue weighted by molar-refractivity contribution is 7.10. The molecular weight excluding hydrogens is 310 g/mol. The highest BCUT2D eigenvalue weighted by atomic mass is 32.1. The van der Waals surface area contributed by atoms with E-state index < -0.39 is 0 Å². The summed E-state index contributed by atoms with van der Waals surface area (Å²) >= 11 is 1.83. The number of carbonyl (C=O) groups is 2. The summed E-state index contributed by atoms with van der Waals surface area (Å²) < 4.78 is 0. The molecule has 0 saturated heterocycles. The lowest BCUT2D eigenvalue weighted by molar-refractivity contribution is -0.127. The van der Waals surface area contributed by atoms with E-state index in [4.69, 9.17) is 0 Å². The molecule has 1 unspecified atom stereocenters. The molecular formula is C17H25N3O2S. The van der Waals surface area contributed by atoms with Gasteiger partial charge in [-0.2, -0.15) is 0 Å². The summed E-state index contributed by atoms with van der Waals surface area (Å²) in [6.07, 6.45) is 3.54. The predicted molar refractivity (Wildman–Crippen MR) is 91.3 cm³/mol. The molecule has 1 aliphatic heterocycles. The van der Waals surface area contributed by atoms with Crippen LogP contribution in [0.1, 0.15) is 43.2 Å². The zero-order valence-electron chi connectivity index (χ0n) is 13.8. The fourth-order valence-corrected chi connectivity index (χ4v) is 4.24. The third-order valence-electron chi connectivity index (χ3n) is 4.43. The van der Waals surface area contributed by atoms with E-state index in [1.165, 1.54) is 23.3 Å². The monoisotopic (exact) mass is 335 g/mol. The summed E-state index contributed by atoms with van der Waals surface area (Å²) in [5.41, 5.74) is 1.43. The molecule has 2 aliphatic rings. The number of fused-ring (bicyclic) bond motifs is 1. The Kier molecular flexibility index (Phi) is 5.02. The lowest BCUT2D eigenvalue weighted by Crippen LogP contribution is -2.46. The number of amides is 2. The van der Waals surface area contributed by atoms with Crippen LogP contribution in [0.2, 0.25) is 0 Å². The first-order valence-electron chi connectivity index (χ1n) is 8.41. The van der Waals surface area contributed by atoms with Crippen LogP contribution in [0.15, 0.2) is 11.4 Å². The Balaban J connectivity index is 1.55. The van der Waals surface area contributed by atoms with Gasteiger partial charge in [-0.3, -0.25) is 14.5 Å². The quantitative estimate of drug-likeness (QED) is 0.832. The molecule has 1 aliphatic carbocycles. The highest BCUT2D eigenvalue weighted by Crippen LogP contribution is 2.48. The summed E-state index contributed by atoms with van der Waals surface area (Å²) in [5, 5.41) is 7.69. The van der Waals surface area contributed by atoms with Crippen LogP contribution in [0.4, 0.5) is 0 Å². The summed E-state index contributed by atoms with van der Waals surface area (Å²) in [7, 11) is 0. The van der Waals surface area contributed by atoms with E-state index >= 15 is 0 Å². The molecule has 1 aromatic rings. The lowest BCUT2D eigenvalue weighted by atomic mass is 9.96. The molecule has 1 atom stereocenters. The van der Waals surface area contributed by atoms with Crippen molar-refractivity contribution in [1.82, 2.24) is 15.5 Å². The summed E-state index contributed by atoms with van der Waals surface area (Å²) in [5.74, 6) is 0.500. The van der Waals surface area contributed by atoms with E-state index in [1.54, 1.807) is 0 Å². The molecule has 23 heavy (non-hydrogen) atoms. The molecule has 2 heterocycles. The second-order valence-corrected chi connectivity index (χ2v) is 7.80. The third-order valence-corrected chi connectivity index (χ3v) is 5.43. The molecule has 1 fully saturated rings. The molecule has 5 nitrogen and oxygen atoms in total. The summed E-state index contributed by atoms with van der Waals surface area (Å²) in [4.78, 5) is 27.6. The van der Waals surface area contributed by atoms with Crippen LogP contribution in [0.25, 0.3) is 0 Å². The second kappa shape index (κ2) is 7.01. The van der Waals surface area contributed by atoms with Gasteiger partial charge in [0.15, 0.2) is 0 Å². The Morgan fingerprint density at radius 2 is 2.13 bits per heavy atom. The van der Waals surface area contributed by atoms with Crippen molar-refractivity contribution >= 4 is 23.2 Å². The Bertz CT molecular complexity index is 580. The van der Waals surface area contributed by atoms with Gasteiger partial charge in [0.2, 0.25) is 11.8 Å². The van der Waals surface area contributed by atoms with Crippen LogP contribution in [0, 0.1) is 5.92 Å². The topological polar surface area (TPSA) is 61.4 Å². The zero-order chi connectivity index (χ0) is 16.4. The number of hydrogen-bond acceptors (Lipinski definition) is 4. The van der Waals surface area contributed by atoms with Crippen LogP contribution in [0.5, 0.6) is 0 Å². The third kappa shape index (κ3) is 4.12. The van der Waals surface area contributed by atoms with Crippen molar-refractivity contribution in [1.29, 1.82) is 0 Å². The average molecular weight is 335 g/mol. The lowest BCUT2D eigenvalue weighted by Gasteiger charge is -2.35. The van der Waals surface area contributed by atoms with Crippen molar-refractivity contribution in [2.75, 3.05) is 19.6 Å². The Morgan fingerprint density at radius 1 is 1.35 bits per heavy atom. The van der Waals surface area contributed by atoms with E-state index in [-0.39, 0.29) is 24.4 Å². The molecule has 0 bridgehead atoms. The molecule has 1 aromatic heterocycles. The van der Waals surface area contributed by atoms with E-state index in [9.17, 15) is 9.59 Å².